The van der Waals surface area contributed by atoms with E-state index in [1.54, 1.807) is 0 Å². The normalized spacial score (nSPS) is 11.7. The summed E-state index contributed by atoms with van der Waals surface area (Å²) in [5.41, 5.74) is 7.41. The molecule has 0 aromatic carbocycles. The number of anilines is 1. The Morgan fingerprint density at radius 3 is 2.35 bits per heavy atom. The summed E-state index contributed by atoms with van der Waals surface area (Å²) >= 11 is 0. The topological polar surface area (TPSA) is 74.7 Å². The SMILES string of the molecule is CCCCN(CCCC)c1nc(C)ccc1C(N)=NO. The van der Waals surface area contributed by atoms with Crippen LogP contribution < -0.4 is 10.6 Å². The fourth-order valence-electron chi connectivity index (χ4n) is 2.06. The standard InChI is InChI=1S/C15H26N4O/c1-4-6-10-19(11-7-5-2)15-13(14(16)18-20)9-8-12(3)17-15/h8-9,20H,4-7,10-11H2,1-3H3,(H2,16,18). The van der Waals surface area contributed by atoms with Crippen LogP contribution in [-0.4, -0.2) is 29.1 Å². The van der Waals surface area contributed by atoms with Gasteiger partial charge in [-0.25, -0.2) is 4.98 Å². The lowest BCUT2D eigenvalue weighted by molar-refractivity contribution is 0.318. The van der Waals surface area contributed by atoms with Gasteiger partial charge in [-0.15, -0.1) is 0 Å². The number of rotatable bonds is 8. The van der Waals surface area contributed by atoms with E-state index in [1.165, 1.54) is 0 Å². The number of aryl methyl sites for hydroxylation is 1. The third-order valence-corrected chi connectivity index (χ3v) is 3.26. The van der Waals surface area contributed by atoms with Gasteiger partial charge < -0.3 is 15.8 Å². The second-order valence-electron chi connectivity index (χ2n) is 5.00. The second kappa shape index (κ2) is 8.40. The van der Waals surface area contributed by atoms with Gasteiger partial charge in [-0.1, -0.05) is 31.8 Å². The molecule has 0 radical (unpaired) electrons. The first kappa shape index (κ1) is 16.3. The molecule has 3 N–H and O–H groups in total. The van der Waals surface area contributed by atoms with Gasteiger partial charge in [0.25, 0.3) is 0 Å². The van der Waals surface area contributed by atoms with Gasteiger partial charge in [0, 0.05) is 18.8 Å². The summed E-state index contributed by atoms with van der Waals surface area (Å²) in [5.74, 6) is 0.938. The maximum absolute atomic E-state index is 8.93. The molecule has 5 nitrogen and oxygen atoms in total. The lowest BCUT2D eigenvalue weighted by Crippen LogP contribution is -2.30. The largest absolute Gasteiger partial charge is 0.409 e. The van der Waals surface area contributed by atoms with Crippen LogP contribution in [0.1, 0.15) is 50.8 Å². The Kier molecular flexibility index (Phi) is 6.84. The number of oxime groups is 1. The summed E-state index contributed by atoms with van der Waals surface area (Å²) in [4.78, 5) is 6.85. The van der Waals surface area contributed by atoms with E-state index in [4.69, 9.17) is 10.9 Å². The molecule has 0 saturated carbocycles. The Morgan fingerprint density at radius 1 is 1.25 bits per heavy atom. The molecule has 0 saturated heterocycles. The molecule has 1 rings (SSSR count). The number of pyridine rings is 1. The van der Waals surface area contributed by atoms with Gasteiger partial charge in [-0.3, -0.25) is 0 Å². The summed E-state index contributed by atoms with van der Waals surface area (Å²) in [7, 11) is 0. The van der Waals surface area contributed by atoms with Crippen LogP contribution in [0.25, 0.3) is 0 Å². The van der Waals surface area contributed by atoms with Crippen molar-refractivity contribution in [3.05, 3.63) is 23.4 Å². The van der Waals surface area contributed by atoms with Crippen LogP contribution in [0, 0.1) is 6.92 Å². The lowest BCUT2D eigenvalue weighted by Gasteiger charge is -2.26. The van der Waals surface area contributed by atoms with Crippen LogP contribution >= 0.6 is 0 Å². The van der Waals surface area contributed by atoms with Crippen LogP contribution in [0.15, 0.2) is 17.3 Å². The molecule has 1 aromatic rings. The smallest absolute Gasteiger partial charge is 0.173 e. The Labute approximate surface area is 121 Å². The predicted molar refractivity (Wildman–Crippen MR) is 83.5 cm³/mol. The molecule has 0 aliphatic heterocycles. The maximum Gasteiger partial charge on any atom is 0.173 e. The molecule has 0 unspecified atom stereocenters. The molecule has 0 aliphatic carbocycles. The summed E-state index contributed by atoms with van der Waals surface area (Å²) in [6.45, 7) is 8.19. The van der Waals surface area contributed by atoms with E-state index in [0.717, 1.165) is 50.3 Å². The first-order valence-corrected chi connectivity index (χ1v) is 7.34. The molecule has 5 heteroatoms. The van der Waals surface area contributed by atoms with Crippen LogP contribution in [-0.2, 0) is 0 Å². The van der Waals surface area contributed by atoms with Crippen molar-refractivity contribution >= 4 is 11.7 Å². The number of nitrogens with two attached hydrogens (primary N) is 1. The van der Waals surface area contributed by atoms with Crippen LogP contribution in [0.4, 0.5) is 5.82 Å². The maximum atomic E-state index is 8.93. The third-order valence-electron chi connectivity index (χ3n) is 3.26. The molecule has 0 aliphatic rings. The molecule has 1 aromatic heterocycles. The highest BCUT2D eigenvalue weighted by atomic mass is 16.4. The summed E-state index contributed by atoms with van der Waals surface area (Å²) < 4.78 is 0. The van der Waals surface area contributed by atoms with Gasteiger partial charge >= 0.3 is 0 Å². The molecular weight excluding hydrogens is 252 g/mol. The van der Waals surface area contributed by atoms with Crippen LogP contribution in [0.3, 0.4) is 0 Å². The van der Waals surface area contributed by atoms with Crippen molar-refractivity contribution in [1.29, 1.82) is 0 Å². The molecule has 0 amide bonds. The highest BCUT2D eigenvalue weighted by Gasteiger charge is 2.15. The van der Waals surface area contributed by atoms with Crippen molar-refractivity contribution < 1.29 is 5.21 Å². The van der Waals surface area contributed by atoms with E-state index >= 15 is 0 Å². The second-order valence-corrected chi connectivity index (χ2v) is 5.00. The zero-order valence-electron chi connectivity index (χ0n) is 12.8. The average molecular weight is 278 g/mol. The monoisotopic (exact) mass is 278 g/mol. The highest BCUT2D eigenvalue weighted by molar-refractivity contribution is 6.01. The zero-order chi connectivity index (χ0) is 15.0. The summed E-state index contributed by atoms with van der Waals surface area (Å²) in [6, 6.07) is 3.76. The van der Waals surface area contributed by atoms with E-state index in [2.05, 4.69) is 28.9 Å². The fraction of sp³-hybridized carbons (Fsp3) is 0.600. The zero-order valence-corrected chi connectivity index (χ0v) is 12.8. The first-order valence-electron chi connectivity index (χ1n) is 7.34. The molecule has 0 spiro atoms. The first-order chi connectivity index (χ1) is 9.63. The lowest BCUT2D eigenvalue weighted by atomic mass is 10.1. The quantitative estimate of drug-likeness (QED) is 0.332. The van der Waals surface area contributed by atoms with E-state index < -0.39 is 0 Å². The predicted octanol–water partition coefficient (Wildman–Crippen LogP) is 2.89. The summed E-state index contributed by atoms with van der Waals surface area (Å²) in [6.07, 6.45) is 4.48. The number of amidine groups is 1. The van der Waals surface area contributed by atoms with Crippen molar-refractivity contribution in [2.45, 2.75) is 46.5 Å². The van der Waals surface area contributed by atoms with Gasteiger partial charge in [0.05, 0.1) is 5.56 Å². The number of aromatic nitrogens is 1. The van der Waals surface area contributed by atoms with E-state index in [-0.39, 0.29) is 5.84 Å². The van der Waals surface area contributed by atoms with Crippen molar-refractivity contribution in [2.24, 2.45) is 10.9 Å². The minimum atomic E-state index is 0.116. The van der Waals surface area contributed by atoms with Crippen molar-refractivity contribution in [3.63, 3.8) is 0 Å². The van der Waals surface area contributed by atoms with Crippen molar-refractivity contribution in [2.75, 3.05) is 18.0 Å². The fourth-order valence-corrected chi connectivity index (χ4v) is 2.06. The van der Waals surface area contributed by atoms with Crippen molar-refractivity contribution in [3.8, 4) is 0 Å². The number of unbranched alkanes of at least 4 members (excludes halogenated alkanes) is 2. The minimum absolute atomic E-state index is 0.116. The molecule has 0 atom stereocenters. The van der Waals surface area contributed by atoms with Gasteiger partial charge in [-0.2, -0.15) is 0 Å². The summed E-state index contributed by atoms with van der Waals surface area (Å²) in [5, 5.41) is 12.1. The molecule has 112 valence electrons. The Morgan fingerprint density at radius 2 is 1.85 bits per heavy atom. The highest BCUT2D eigenvalue weighted by Crippen LogP contribution is 2.20. The van der Waals surface area contributed by atoms with E-state index in [1.807, 2.05) is 19.1 Å². The number of hydrogen-bond acceptors (Lipinski definition) is 4. The van der Waals surface area contributed by atoms with Gasteiger partial charge in [0.15, 0.2) is 5.84 Å². The van der Waals surface area contributed by atoms with Crippen LogP contribution in [0.5, 0.6) is 0 Å². The number of hydrogen-bond donors (Lipinski definition) is 2. The number of nitrogens with zero attached hydrogens (tertiary/aromatic N) is 3. The molecule has 20 heavy (non-hydrogen) atoms. The van der Waals surface area contributed by atoms with Gasteiger partial charge in [-0.05, 0) is 31.9 Å². The van der Waals surface area contributed by atoms with Gasteiger partial charge in [0.2, 0.25) is 0 Å². The minimum Gasteiger partial charge on any atom is -0.409 e. The molecular formula is C15H26N4O. The van der Waals surface area contributed by atoms with Crippen LogP contribution in [0.2, 0.25) is 0 Å². The van der Waals surface area contributed by atoms with E-state index in [0.29, 0.717) is 5.56 Å². The average Bonchev–Trinajstić information content (AvgIpc) is 2.46. The Hall–Kier alpha value is -1.78. The third kappa shape index (κ3) is 4.40. The molecule has 0 fully saturated rings. The Balaban J connectivity index is 3.11. The van der Waals surface area contributed by atoms with Crippen molar-refractivity contribution in [1.82, 2.24) is 4.98 Å². The Bertz CT molecular complexity index is 437. The molecule has 0 bridgehead atoms. The molecule has 1 heterocycles. The van der Waals surface area contributed by atoms with Gasteiger partial charge in [0.1, 0.15) is 5.82 Å². The van der Waals surface area contributed by atoms with E-state index in [9.17, 15) is 0 Å².